The van der Waals surface area contributed by atoms with Crippen LogP contribution < -0.4 is 20.1 Å². The summed E-state index contributed by atoms with van der Waals surface area (Å²) in [5.74, 6) is 0.274. The topological polar surface area (TPSA) is 89.5 Å². The van der Waals surface area contributed by atoms with Gasteiger partial charge in [-0.2, -0.15) is 0 Å². The molecule has 0 atom stereocenters. The molecule has 2 aromatic rings. The van der Waals surface area contributed by atoms with Crippen molar-refractivity contribution in [1.82, 2.24) is 10.3 Å². The fraction of sp³-hybridized carbons (Fsp3) is 0.350. The van der Waals surface area contributed by atoms with Crippen molar-refractivity contribution in [3.63, 3.8) is 0 Å². The maximum atomic E-state index is 11.9. The zero-order valence-electron chi connectivity index (χ0n) is 15.9. The number of benzene rings is 1. The Hall–Kier alpha value is -3.09. The number of nitrogens with zero attached hydrogens (tertiary/aromatic N) is 1. The number of aryl methyl sites for hydroxylation is 1. The lowest BCUT2D eigenvalue weighted by Crippen LogP contribution is -2.36. The summed E-state index contributed by atoms with van der Waals surface area (Å²) in [5.41, 5.74) is 1.92. The van der Waals surface area contributed by atoms with Gasteiger partial charge in [-0.3, -0.25) is 9.59 Å². The Morgan fingerprint density at radius 1 is 1.00 bits per heavy atom. The van der Waals surface area contributed by atoms with E-state index in [1.54, 1.807) is 12.3 Å². The molecule has 0 aliphatic heterocycles. The van der Waals surface area contributed by atoms with Crippen molar-refractivity contribution in [2.24, 2.45) is 0 Å². The molecule has 2 amide bonds. The Labute approximate surface area is 159 Å². The normalized spacial score (nSPS) is 10.2. The van der Waals surface area contributed by atoms with Gasteiger partial charge in [0.05, 0.1) is 13.2 Å². The Balaban J connectivity index is 1.86. The molecule has 0 aliphatic rings. The third-order valence-electron chi connectivity index (χ3n) is 3.67. The van der Waals surface area contributed by atoms with E-state index >= 15 is 0 Å². The molecular formula is C20H25N3O4. The highest BCUT2D eigenvalue weighted by molar-refractivity contribution is 6.39. The third-order valence-corrected chi connectivity index (χ3v) is 3.67. The third kappa shape index (κ3) is 6.29. The second kappa shape index (κ2) is 10.2. The van der Waals surface area contributed by atoms with Gasteiger partial charge in [-0.05, 0) is 62.6 Å². The molecule has 27 heavy (non-hydrogen) atoms. The molecule has 0 bridgehead atoms. The zero-order valence-corrected chi connectivity index (χ0v) is 15.9. The number of pyridine rings is 1. The Bertz CT molecular complexity index is 793. The van der Waals surface area contributed by atoms with E-state index in [9.17, 15) is 9.59 Å². The second-order valence-corrected chi connectivity index (χ2v) is 5.83. The quantitative estimate of drug-likeness (QED) is 0.696. The van der Waals surface area contributed by atoms with Gasteiger partial charge in [0.2, 0.25) is 0 Å². The van der Waals surface area contributed by atoms with Crippen LogP contribution in [0.5, 0.6) is 11.5 Å². The summed E-state index contributed by atoms with van der Waals surface area (Å²) < 4.78 is 11.1. The molecule has 144 valence electrons. The van der Waals surface area contributed by atoms with Gasteiger partial charge in [-0.1, -0.05) is 6.07 Å². The van der Waals surface area contributed by atoms with Crippen LogP contribution in [0, 0.1) is 6.92 Å². The average molecular weight is 371 g/mol. The molecule has 1 aromatic heterocycles. The first kappa shape index (κ1) is 20.2. The van der Waals surface area contributed by atoms with Gasteiger partial charge in [-0.25, -0.2) is 4.98 Å². The van der Waals surface area contributed by atoms with E-state index in [-0.39, 0.29) is 0 Å². The number of carbonyl (C=O) groups excluding carboxylic acids is 2. The van der Waals surface area contributed by atoms with Crippen LogP contribution in [-0.4, -0.2) is 36.6 Å². The molecule has 7 heteroatoms. The molecule has 0 fully saturated rings. The van der Waals surface area contributed by atoms with Crippen molar-refractivity contribution in [3.8, 4) is 11.5 Å². The highest BCUT2D eigenvalue weighted by Gasteiger charge is 2.14. The van der Waals surface area contributed by atoms with E-state index < -0.39 is 11.8 Å². The van der Waals surface area contributed by atoms with E-state index in [1.165, 1.54) is 0 Å². The van der Waals surface area contributed by atoms with Gasteiger partial charge in [0, 0.05) is 12.7 Å². The van der Waals surface area contributed by atoms with Crippen LogP contribution in [0.3, 0.4) is 0 Å². The van der Waals surface area contributed by atoms with E-state index in [4.69, 9.17) is 9.47 Å². The molecule has 2 rings (SSSR count). The number of nitrogens with one attached hydrogen (secondary N) is 2. The highest BCUT2D eigenvalue weighted by atomic mass is 16.5. The van der Waals surface area contributed by atoms with Crippen molar-refractivity contribution in [1.29, 1.82) is 0 Å². The molecule has 2 N–H and O–H groups in total. The Morgan fingerprint density at radius 2 is 1.74 bits per heavy atom. The summed E-state index contributed by atoms with van der Waals surface area (Å²) in [5, 5.41) is 5.09. The predicted octanol–water partition coefficient (Wildman–Crippen LogP) is 2.48. The standard InChI is InChI=1S/C20H25N3O4/c1-4-26-16-7-6-15(13-17(16)27-5-2)9-11-22-19(24)20(25)23-18-12-14(3)8-10-21-18/h6-8,10,12-13H,4-5,9,11H2,1-3H3,(H,22,24)(H,21,23,25). The summed E-state index contributed by atoms with van der Waals surface area (Å²) in [6, 6.07) is 9.15. The summed E-state index contributed by atoms with van der Waals surface area (Å²) in [6.45, 7) is 7.12. The van der Waals surface area contributed by atoms with Crippen molar-refractivity contribution >= 4 is 17.6 Å². The Kier molecular flexibility index (Phi) is 7.61. The molecule has 0 saturated heterocycles. The summed E-state index contributed by atoms with van der Waals surface area (Å²) >= 11 is 0. The summed E-state index contributed by atoms with van der Waals surface area (Å²) in [6.07, 6.45) is 2.14. The number of rotatable bonds is 8. The predicted molar refractivity (Wildman–Crippen MR) is 103 cm³/mol. The first-order chi connectivity index (χ1) is 13.0. The first-order valence-corrected chi connectivity index (χ1v) is 8.93. The van der Waals surface area contributed by atoms with Crippen molar-refractivity contribution in [3.05, 3.63) is 47.7 Å². The fourth-order valence-electron chi connectivity index (χ4n) is 2.43. The van der Waals surface area contributed by atoms with E-state index in [0.717, 1.165) is 11.1 Å². The van der Waals surface area contributed by atoms with E-state index in [1.807, 2.05) is 45.0 Å². The maximum absolute atomic E-state index is 11.9. The van der Waals surface area contributed by atoms with Gasteiger partial charge >= 0.3 is 11.8 Å². The SMILES string of the molecule is CCOc1ccc(CCNC(=O)C(=O)Nc2cc(C)ccn2)cc1OCC. The average Bonchev–Trinajstić information content (AvgIpc) is 2.64. The maximum Gasteiger partial charge on any atom is 0.314 e. The highest BCUT2D eigenvalue weighted by Crippen LogP contribution is 2.28. The Morgan fingerprint density at radius 3 is 2.44 bits per heavy atom. The minimum atomic E-state index is -0.741. The molecule has 1 heterocycles. The van der Waals surface area contributed by atoms with Crippen LogP contribution in [0.1, 0.15) is 25.0 Å². The number of anilines is 1. The van der Waals surface area contributed by atoms with Crippen LogP contribution >= 0.6 is 0 Å². The molecule has 0 spiro atoms. The largest absolute Gasteiger partial charge is 0.490 e. The van der Waals surface area contributed by atoms with Crippen LogP contribution in [0.25, 0.3) is 0 Å². The molecule has 0 aliphatic carbocycles. The number of amides is 2. The number of hydrogen-bond donors (Lipinski definition) is 2. The number of aromatic nitrogens is 1. The molecule has 0 unspecified atom stereocenters. The summed E-state index contributed by atoms with van der Waals surface area (Å²) in [4.78, 5) is 27.9. The molecule has 7 nitrogen and oxygen atoms in total. The van der Waals surface area contributed by atoms with Crippen LogP contribution in [-0.2, 0) is 16.0 Å². The lowest BCUT2D eigenvalue weighted by molar-refractivity contribution is -0.136. The fourth-order valence-corrected chi connectivity index (χ4v) is 2.43. The smallest absolute Gasteiger partial charge is 0.314 e. The van der Waals surface area contributed by atoms with Gasteiger partial charge < -0.3 is 20.1 Å². The van der Waals surface area contributed by atoms with Crippen molar-refractivity contribution < 1.29 is 19.1 Å². The van der Waals surface area contributed by atoms with Crippen LogP contribution in [0.2, 0.25) is 0 Å². The van der Waals surface area contributed by atoms with Gasteiger partial charge in [0.15, 0.2) is 11.5 Å². The summed E-state index contributed by atoms with van der Waals surface area (Å²) in [7, 11) is 0. The van der Waals surface area contributed by atoms with Gasteiger partial charge in [0.25, 0.3) is 0 Å². The van der Waals surface area contributed by atoms with Crippen LogP contribution in [0.15, 0.2) is 36.5 Å². The number of carbonyl (C=O) groups is 2. The zero-order chi connectivity index (χ0) is 19.6. The minimum Gasteiger partial charge on any atom is -0.490 e. The van der Waals surface area contributed by atoms with Gasteiger partial charge in [0.1, 0.15) is 5.82 Å². The molecule has 0 saturated carbocycles. The number of ether oxygens (including phenoxy) is 2. The lowest BCUT2D eigenvalue weighted by atomic mass is 10.1. The minimum absolute atomic E-state index is 0.326. The monoisotopic (exact) mass is 371 g/mol. The molecule has 1 aromatic carbocycles. The van der Waals surface area contributed by atoms with E-state index in [0.29, 0.717) is 43.5 Å². The second-order valence-electron chi connectivity index (χ2n) is 5.83. The molecular weight excluding hydrogens is 346 g/mol. The van der Waals surface area contributed by atoms with Gasteiger partial charge in [-0.15, -0.1) is 0 Å². The number of hydrogen-bond acceptors (Lipinski definition) is 5. The lowest BCUT2D eigenvalue weighted by Gasteiger charge is -2.12. The van der Waals surface area contributed by atoms with E-state index in [2.05, 4.69) is 15.6 Å². The molecule has 0 radical (unpaired) electrons. The van der Waals surface area contributed by atoms with Crippen LogP contribution in [0.4, 0.5) is 5.82 Å². The first-order valence-electron chi connectivity index (χ1n) is 8.93. The van der Waals surface area contributed by atoms with Crippen molar-refractivity contribution in [2.75, 3.05) is 25.1 Å². The van der Waals surface area contributed by atoms with Crippen molar-refractivity contribution in [2.45, 2.75) is 27.2 Å².